The summed E-state index contributed by atoms with van der Waals surface area (Å²) < 4.78 is 0. The van der Waals surface area contributed by atoms with Crippen molar-refractivity contribution >= 4 is 23.0 Å². The van der Waals surface area contributed by atoms with Crippen LogP contribution in [0.4, 0.5) is 17.1 Å². The zero-order valence-corrected chi connectivity index (χ0v) is 12.1. The molecule has 1 aromatic rings. The Kier molecular flexibility index (Phi) is 4.29. The lowest BCUT2D eigenvalue weighted by molar-refractivity contribution is -0.111. The van der Waals surface area contributed by atoms with Gasteiger partial charge in [-0.2, -0.15) is 0 Å². The van der Waals surface area contributed by atoms with Gasteiger partial charge in [-0.25, -0.2) is 0 Å². The standard InChI is InChI=1S/C15H22N4O/c1-4-15(20)17-13-10-14(11(2)9-12(13)16)19-7-5-18(3)6-8-19/h4,9-10H,1,5-8,16H2,2-3H3,(H,17,20). The number of anilines is 3. The van der Waals surface area contributed by atoms with Crippen molar-refractivity contribution < 1.29 is 4.79 Å². The first-order valence-electron chi connectivity index (χ1n) is 6.78. The van der Waals surface area contributed by atoms with E-state index in [1.165, 1.54) is 6.08 Å². The van der Waals surface area contributed by atoms with Crippen LogP contribution in [0.5, 0.6) is 0 Å². The van der Waals surface area contributed by atoms with Crippen molar-refractivity contribution in [1.82, 2.24) is 4.90 Å². The molecule has 0 bridgehead atoms. The van der Waals surface area contributed by atoms with E-state index in [1.807, 2.05) is 19.1 Å². The van der Waals surface area contributed by atoms with Gasteiger partial charge in [-0.05, 0) is 37.7 Å². The Morgan fingerprint density at radius 3 is 2.60 bits per heavy atom. The van der Waals surface area contributed by atoms with Gasteiger partial charge in [-0.3, -0.25) is 4.79 Å². The number of amides is 1. The quantitative estimate of drug-likeness (QED) is 0.647. The van der Waals surface area contributed by atoms with Gasteiger partial charge in [0.05, 0.1) is 11.4 Å². The summed E-state index contributed by atoms with van der Waals surface area (Å²) in [6, 6.07) is 3.86. The number of carbonyl (C=O) groups is 1. The minimum Gasteiger partial charge on any atom is -0.397 e. The van der Waals surface area contributed by atoms with E-state index in [0.717, 1.165) is 37.4 Å². The summed E-state index contributed by atoms with van der Waals surface area (Å²) in [4.78, 5) is 16.1. The fourth-order valence-electron chi connectivity index (χ4n) is 2.40. The fraction of sp³-hybridized carbons (Fsp3) is 0.400. The van der Waals surface area contributed by atoms with E-state index >= 15 is 0 Å². The Morgan fingerprint density at radius 2 is 2.00 bits per heavy atom. The summed E-state index contributed by atoms with van der Waals surface area (Å²) in [6.07, 6.45) is 1.24. The number of piperazine rings is 1. The topological polar surface area (TPSA) is 61.6 Å². The number of nitrogens with zero attached hydrogens (tertiary/aromatic N) is 2. The summed E-state index contributed by atoms with van der Waals surface area (Å²) in [5, 5.41) is 2.76. The highest BCUT2D eigenvalue weighted by Crippen LogP contribution is 2.30. The van der Waals surface area contributed by atoms with Crippen LogP contribution in [0.25, 0.3) is 0 Å². The molecule has 0 radical (unpaired) electrons. The van der Waals surface area contributed by atoms with Crippen LogP contribution < -0.4 is 16.0 Å². The van der Waals surface area contributed by atoms with E-state index in [1.54, 1.807) is 0 Å². The Labute approximate surface area is 120 Å². The first-order valence-corrected chi connectivity index (χ1v) is 6.78. The minimum absolute atomic E-state index is 0.245. The number of carbonyl (C=O) groups excluding carboxylic acids is 1. The van der Waals surface area contributed by atoms with E-state index in [2.05, 4.69) is 28.7 Å². The summed E-state index contributed by atoms with van der Waals surface area (Å²) in [7, 11) is 2.13. The van der Waals surface area contributed by atoms with Crippen LogP contribution in [0.15, 0.2) is 24.8 Å². The molecule has 1 heterocycles. The van der Waals surface area contributed by atoms with Gasteiger partial charge in [0.2, 0.25) is 5.91 Å². The lowest BCUT2D eigenvalue weighted by Gasteiger charge is -2.35. The minimum atomic E-state index is -0.245. The van der Waals surface area contributed by atoms with Crippen LogP contribution in [-0.4, -0.2) is 44.0 Å². The second-order valence-electron chi connectivity index (χ2n) is 5.21. The normalized spacial score (nSPS) is 16.0. The van der Waals surface area contributed by atoms with Gasteiger partial charge in [0, 0.05) is 31.9 Å². The third kappa shape index (κ3) is 3.11. The van der Waals surface area contributed by atoms with Crippen LogP contribution in [0.2, 0.25) is 0 Å². The molecule has 0 unspecified atom stereocenters. The Balaban J connectivity index is 2.26. The number of rotatable bonds is 3. The molecule has 108 valence electrons. The average Bonchev–Trinajstić information content (AvgIpc) is 2.43. The SMILES string of the molecule is C=CC(=O)Nc1cc(N2CCN(C)CC2)c(C)cc1N. The van der Waals surface area contributed by atoms with Gasteiger partial charge in [0.1, 0.15) is 0 Å². The number of nitrogen functional groups attached to an aromatic ring is 1. The molecule has 0 atom stereocenters. The molecule has 0 aliphatic carbocycles. The van der Waals surface area contributed by atoms with Crippen molar-refractivity contribution in [3.05, 3.63) is 30.4 Å². The predicted molar refractivity (Wildman–Crippen MR) is 84.1 cm³/mol. The highest BCUT2D eigenvalue weighted by atomic mass is 16.1. The fourth-order valence-corrected chi connectivity index (χ4v) is 2.40. The first-order chi connectivity index (χ1) is 9.51. The Hall–Kier alpha value is -2.01. The van der Waals surface area contributed by atoms with E-state index in [9.17, 15) is 4.79 Å². The predicted octanol–water partition coefficient (Wildman–Crippen LogP) is 1.45. The van der Waals surface area contributed by atoms with Crippen LogP contribution in [0.3, 0.4) is 0 Å². The van der Waals surface area contributed by atoms with Crippen LogP contribution in [0, 0.1) is 6.92 Å². The summed E-state index contributed by atoms with van der Waals surface area (Å²) in [6.45, 7) is 9.54. The molecular weight excluding hydrogens is 252 g/mol. The molecule has 20 heavy (non-hydrogen) atoms. The van der Waals surface area contributed by atoms with Crippen molar-refractivity contribution in [1.29, 1.82) is 0 Å². The van der Waals surface area contributed by atoms with Gasteiger partial charge >= 0.3 is 0 Å². The third-order valence-electron chi connectivity index (χ3n) is 3.66. The second kappa shape index (κ2) is 5.96. The first kappa shape index (κ1) is 14.4. The molecule has 3 N–H and O–H groups in total. The molecule has 1 fully saturated rings. The van der Waals surface area contributed by atoms with Gasteiger partial charge < -0.3 is 20.9 Å². The summed E-state index contributed by atoms with van der Waals surface area (Å²) >= 11 is 0. The number of benzene rings is 1. The van der Waals surface area contributed by atoms with E-state index in [-0.39, 0.29) is 5.91 Å². The molecule has 2 rings (SSSR count). The number of hydrogen-bond donors (Lipinski definition) is 2. The molecule has 0 aromatic heterocycles. The number of likely N-dealkylation sites (N-methyl/N-ethyl adjacent to an activating group) is 1. The maximum Gasteiger partial charge on any atom is 0.247 e. The maximum absolute atomic E-state index is 11.4. The highest BCUT2D eigenvalue weighted by molar-refractivity contribution is 6.01. The van der Waals surface area contributed by atoms with Crippen molar-refractivity contribution in [3.63, 3.8) is 0 Å². The molecule has 0 spiro atoms. The maximum atomic E-state index is 11.4. The third-order valence-corrected chi connectivity index (χ3v) is 3.66. The molecule has 1 aliphatic heterocycles. The van der Waals surface area contributed by atoms with Crippen LogP contribution >= 0.6 is 0 Å². The molecule has 1 aromatic carbocycles. The van der Waals surface area contributed by atoms with Gasteiger partial charge in [0.15, 0.2) is 0 Å². The van der Waals surface area contributed by atoms with Crippen LogP contribution in [0.1, 0.15) is 5.56 Å². The van der Waals surface area contributed by atoms with Gasteiger partial charge in [0.25, 0.3) is 0 Å². The Morgan fingerprint density at radius 1 is 1.35 bits per heavy atom. The average molecular weight is 274 g/mol. The molecular formula is C15H22N4O. The number of nitrogens with two attached hydrogens (primary N) is 1. The number of aryl methyl sites for hydroxylation is 1. The van der Waals surface area contributed by atoms with Crippen molar-refractivity contribution in [2.45, 2.75) is 6.92 Å². The molecule has 0 saturated carbocycles. The largest absolute Gasteiger partial charge is 0.397 e. The highest BCUT2D eigenvalue weighted by Gasteiger charge is 2.17. The molecule has 1 saturated heterocycles. The lowest BCUT2D eigenvalue weighted by Crippen LogP contribution is -2.44. The number of hydrogen-bond acceptors (Lipinski definition) is 4. The zero-order valence-electron chi connectivity index (χ0n) is 12.1. The zero-order chi connectivity index (χ0) is 14.7. The smallest absolute Gasteiger partial charge is 0.247 e. The van der Waals surface area contributed by atoms with Gasteiger partial charge in [-0.15, -0.1) is 0 Å². The summed E-state index contributed by atoms with van der Waals surface area (Å²) in [5.41, 5.74) is 9.46. The molecule has 5 heteroatoms. The second-order valence-corrected chi connectivity index (χ2v) is 5.21. The molecule has 1 aliphatic rings. The van der Waals surface area contributed by atoms with E-state index < -0.39 is 0 Å². The Bertz CT molecular complexity index is 519. The van der Waals surface area contributed by atoms with Crippen LogP contribution in [-0.2, 0) is 4.79 Å². The van der Waals surface area contributed by atoms with E-state index in [0.29, 0.717) is 11.4 Å². The summed E-state index contributed by atoms with van der Waals surface area (Å²) in [5.74, 6) is -0.245. The molecule has 1 amide bonds. The van der Waals surface area contributed by atoms with E-state index in [4.69, 9.17) is 5.73 Å². The molecule has 5 nitrogen and oxygen atoms in total. The van der Waals surface area contributed by atoms with Crippen molar-refractivity contribution in [3.8, 4) is 0 Å². The number of nitrogens with one attached hydrogen (secondary N) is 1. The monoisotopic (exact) mass is 274 g/mol. The van der Waals surface area contributed by atoms with Gasteiger partial charge in [-0.1, -0.05) is 6.58 Å². The lowest BCUT2D eigenvalue weighted by atomic mass is 10.1. The van der Waals surface area contributed by atoms with Crippen molar-refractivity contribution in [2.24, 2.45) is 0 Å². The van der Waals surface area contributed by atoms with Crippen molar-refractivity contribution in [2.75, 3.05) is 49.2 Å².